The topological polar surface area (TPSA) is 24.4 Å². The Kier molecular flexibility index (Phi) is 6.81. The minimum Gasteiger partial charge on any atom is -0.359 e. The van der Waals surface area contributed by atoms with Crippen LogP contribution in [0.2, 0.25) is 0 Å². The molecule has 1 aliphatic heterocycles. The lowest BCUT2D eigenvalue weighted by atomic mass is 9.69. The molecule has 2 aliphatic carbocycles. The third-order valence-electron chi connectivity index (χ3n) is 12.1. The molecule has 1 spiro atoms. The normalized spacial score (nSPS) is 17.5. The zero-order valence-corrected chi connectivity index (χ0v) is 31.2. The van der Waals surface area contributed by atoms with Crippen molar-refractivity contribution in [3.8, 4) is 32.7 Å². The van der Waals surface area contributed by atoms with Gasteiger partial charge in [0.05, 0.1) is 11.1 Å². The number of benzene rings is 8. The maximum absolute atomic E-state index is 5.36. The Morgan fingerprint density at radius 1 is 0.482 bits per heavy atom. The fourth-order valence-corrected chi connectivity index (χ4v) is 11.1. The summed E-state index contributed by atoms with van der Waals surface area (Å²) in [6.07, 6.45) is 1.97. The fraction of sp³-hybridized carbons (Fsp3) is 0.0377. The average Bonchev–Trinajstić information content (AvgIpc) is 3.90. The van der Waals surface area contributed by atoms with Crippen LogP contribution in [0.4, 0.5) is 0 Å². The van der Waals surface area contributed by atoms with Crippen LogP contribution in [0.1, 0.15) is 45.1 Å². The standard InChI is InChI=1S/C53H34N2S/c1-2-16-34(17-3-1)47-32-48(55-52(54-47)41-25-14-18-33-15-4-5-19-36(33)41)40-22-7-6-20-37(40)35-29-30-39-38-21-8-11-26-44(38)53(46(39)31-35)45-27-12-9-23-42(45)51-50(53)43-24-10-13-28-49(43)56-51/h1-32,52,55H. The quantitative estimate of drug-likeness (QED) is 0.192. The highest BCUT2D eigenvalue weighted by Gasteiger charge is 2.53. The molecule has 2 unspecified atom stereocenters. The number of aliphatic imine (C=N–C) groups is 1. The molecule has 2 atom stereocenters. The SMILES string of the molecule is C1=C(c2ccccc2-c2ccc3c(c2)C2(c4ccccc4-3)c3ccccc3-c3sc4ccccc4c32)NC(c2cccc3ccccc23)N=C1c1ccccc1. The van der Waals surface area contributed by atoms with Crippen LogP contribution in [-0.4, -0.2) is 5.71 Å². The number of allylic oxidation sites excluding steroid dienone is 1. The smallest absolute Gasteiger partial charge is 0.146 e. The summed E-state index contributed by atoms with van der Waals surface area (Å²) in [5.41, 5.74) is 16.9. The van der Waals surface area contributed by atoms with Crippen LogP contribution >= 0.6 is 11.3 Å². The fourth-order valence-electron chi connectivity index (χ4n) is 9.82. The molecule has 2 heterocycles. The predicted molar refractivity (Wildman–Crippen MR) is 234 cm³/mol. The molecule has 1 aromatic heterocycles. The summed E-state index contributed by atoms with van der Waals surface area (Å²) in [7, 11) is 0. The first-order valence-electron chi connectivity index (χ1n) is 19.3. The van der Waals surface area contributed by atoms with Gasteiger partial charge in [0, 0.05) is 26.4 Å². The van der Waals surface area contributed by atoms with Crippen LogP contribution in [0, 0.1) is 0 Å². The maximum atomic E-state index is 5.36. The molecule has 0 saturated carbocycles. The Bertz CT molecular complexity index is 3130. The van der Waals surface area contributed by atoms with Crippen molar-refractivity contribution in [3.63, 3.8) is 0 Å². The largest absolute Gasteiger partial charge is 0.359 e. The van der Waals surface area contributed by atoms with Crippen molar-refractivity contribution in [2.75, 3.05) is 0 Å². The third-order valence-corrected chi connectivity index (χ3v) is 13.4. The number of thiophene rings is 1. The van der Waals surface area contributed by atoms with Crippen molar-refractivity contribution in [3.05, 3.63) is 233 Å². The van der Waals surface area contributed by atoms with E-state index in [2.05, 4.69) is 199 Å². The number of hydrogen-bond acceptors (Lipinski definition) is 3. The van der Waals surface area contributed by atoms with Gasteiger partial charge in [0.2, 0.25) is 0 Å². The summed E-state index contributed by atoms with van der Waals surface area (Å²) >= 11 is 1.93. The highest BCUT2D eigenvalue weighted by molar-refractivity contribution is 7.22. The van der Waals surface area contributed by atoms with Gasteiger partial charge in [-0.15, -0.1) is 11.3 Å². The minimum atomic E-state index is -0.419. The number of nitrogens with zero attached hydrogens (tertiary/aromatic N) is 1. The molecule has 0 fully saturated rings. The van der Waals surface area contributed by atoms with E-state index in [0.29, 0.717) is 0 Å². The van der Waals surface area contributed by atoms with Gasteiger partial charge in [-0.2, -0.15) is 0 Å². The van der Waals surface area contributed by atoms with E-state index in [9.17, 15) is 0 Å². The van der Waals surface area contributed by atoms with Gasteiger partial charge in [-0.05, 0) is 90.0 Å². The lowest BCUT2D eigenvalue weighted by Crippen LogP contribution is -2.26. The van der Waals surface area contributed by atoms with Gasteiger partial charge in [-0.1, -0.05) is 176 Å². The number of hydrogen-bond donors (Lipinski definition) is 1. The number of rotatable bonds is 4. The van der Waals surface area contributed by atoms with Crippen LogP contribution in [0.25, 0.3) is 59.3 Å². The molecule has 262 valence electrons. The Morgan fingerprint density at radius 3 is 1.98 bits per heavy atom. The van der Waals surface area contributed by atoms with E-state index in [1.165, 1.54) is 75.8 Å². The molecule has 9 aromatic rings. The van der Waals surface area contributed by atoms with Gasteiger partial charge in [-0.3, -0.25) is 4.99 Å². The van der Waals surface area contributed by atoms with E-state index in [1.54, 1.807) is 0 Å². The Balaban J connectivity index is 1.07. The maximum Gasteiger partial charge on any atom is 0.146 e. The van der Waals surface area contributed by atoms with E-state index in [1.807, 2.05) is 11.3 Å². The molecule has 0 radical (unpaired) electrons. The molecular weight excluding hydrogens is 697 g/mol. The van der Waals surface area contributed by atoms with E-state index in [-0.39, 0.29) is 6.17 Å². The van der Waals surface area contributed by atoms with E-state index in [4.69, 9.17) is 4.99 Å². The number of fused-ring (bicyclic) bond motifs is 13. The van der Waals surface area contributed by atoms with Gasteiger partial charge >= 0.3 is 0 Å². The molecule has 2 nitrogen and oxygen atoms in total. The summed E-state index contributed by atoms with van der Waals surface area (Å²) in [5.74, 6) is 0. The van der Waals surface area contributed by atoms with Gasteiger partial charge in [0.1, 0.15) is 6.17 Å². The monoisotopic (exact) mass is 730 g/mol. The van der Waals surface area contributed by atoms with Crippen molar-refractivity contribution in [2.45, 2.75) is 11.6 Å². The Hall–Kier alpha value is -6.81. The molecule has 8 aromatic carbocycles. The summed E-state index contributed by atoms with van der Waals surface area (Å²) in [6, 6.07) is 69.0. The van der Waals surface area contributed by atoms with Gasteiger partial charge in [0.15, 0.2) is 0 Å². The third kappa shape index (κ3) is 4.40. The second-order valence-corrected chi connectivity index (χ2v) is 16.1. The Labute approximate surface area is 329 Å². The minimum absolute atomic E-state index is 0.262. The summed E-state index contributed by atoms with van der Waals surface area (Å²) in [4.78, 5) is 6.75. The molecule has 56 heavy (non-hydrogen) atoms. The van der Waals surface area contributed by atoms with Crippen LogP contribution in [0.15, 0.2) is 199 Å². The molecule has 0 saturated heterocycles. The van der Waals surface area contributed by atoms with Gasteiger partial charge in [0.25, 0.3) is 0 Å². The van der Waals surface area contributed by atoms with E-state index < -0.39 is 5.41 Å². The van der Waals surface area contributed by atoms with Crippen LogP contribution in [0.5, 0.6) is 0 Å². The summed E-state index contributed by atoms with van der Waals surface area (Å²) in [5, 5.41) is 7.69. The molecule has 12 rings (SSSR count). The predicted octanol–water partition coefficient (Wildman–Crippen LogP) is 13.2. The zero-order valence-electron chi connectivity index (χ0n) is 30.4. The van der Waals surface area contributed by atoms with Gasteiger partial charge < -0.3 is 5.32 Å². The highest BCUT2D eigenvalue weighted by atomic mass is 32.1. The first-order valence-corrected chi connectivity index (χ1v) is 20.1. The number of nitrogens with one attached hydrogen (secondary N) is 1. The van der Waals surface area contributed by atoms with Crippen molar-refractivity contribution in [1.82, 2.24) is 5.32 Å². The van der Waals surface area contributed by atoms with Crippen molar-refractivity contribution in [2.24, 2.45) is 4.99 Å². The molecule has 0 amide bonds. The summed E-state index contributed by atoms with van der Waals surface area (Å²) < 4.78 is 1.34. The molecule has 1 N–H and O–H groups in total. The second-order valence-electron chi connectivity index (χ2n) is 15.0. The zero-order chi connectivity index (χ0) is 36.8. The second kappa shape index (κ2) is 12.1. The lowest BCUT2D eigenvalue weighted by molar-refractivity contribution is 0.669. The van der Waals surface area contributed by atoms with Crippen LogP contribution in [-0.2, 0) is 5.41 Å². The average molecular weight is 731 g/mol. The van der Waals surface area contributed by atoms with E-state index in [0.717, 1.165) is 28.1 Å². The summed E-state index contributed by atoms with van der Waals surface area (Å²) in [6.45, 7) is 0. The lowest BCUT2D eigenvalue weighted by Gasteiger charge is -2.31. The molecule has 3 heteroatoms. The first-order chi connectivity index (χ1) is 27.8. The van der Waals surface area contributed by atoms with E-state index >= 15 is 0 Å². The molecule has 0 bridgehead atoms. The van der Waals surface area contributed by atoms with Crippen LogP contribution in [0.3, 0.4) is 0 Å². The highest BCUT2D eigenvalue weighted by Crippen LogP contribution is 2.66. The van der Waals surface area contributed by atoms with Crippen molar-refractivity contribution < 1.29 is 0 Å². The molecular formula is C53H34N2S. The van der Waals surface area contributed by atoms with Crippen LogP contribution < -0.4 is 5.32 Å². The van der Waals surface area contributed by atoms with Crippen molar-refractivity contribution in [1.29, 1.82) is 0 Å². The molecule has 3 aliphatic rings. The van der Waals surface area contributed by atoms with Gasteiger partial charge in [-0.25, -0.2) is 0 Å². The Morgan fingerprint density at radius 2 is 1.12 bits per heavy atom. The van der Waals surface area contributed by atoms with Crippen molar-refractivity contribution >= 4 is 43.6 Å². The first kappa shape index (κ1) is 31.5.